The summed E-state index contributed by atoms with van der Waals surface area (Å²) in [5.41, 5.74) is 4.72. The van der Waals surface area contributed by atoms with Gasteiger partial charge in [0, 0.05) is 8.04 Å². The third-order valence-corrected chi connectivity index (χ3v) is 4.33. The molecule has 3 N–H and O–H groups in total. The molecule has 1 atom stereocenters. The second kappa shape index (κ2) is 6.78. The van der Waals surface area contributed by atoms with Gasteiger partial charge in [-0.2, -0.15) is 0 Å². The maximum atomic E-state index is 13.3. The van der Waals surface area contributed by atoms with Gasteiger partial charge in [0.05, 0.1) is 6.04 Å². The van der Waals surface area contributed by atoms with Crippen LogP contribution in [-0.2, 0) is 6.42 Å². The van der Waals surface area contributed by atoms with Crippen molar-refractivity contribution < 1.29 is 4.39 Å². The van der Waals surface area contributed by atoms with Gasteiger partial charge in [0.15, 0.2) is 0 Å². The molecular weight excluding hydrogens is 422 g/mol. The largest absolute Gasteiger partial charge is 0.271 e. The third kappa shape index (κ3) is 3.98. The van der Waals surface area contributed by atoms with Crippen LogP contribution in [0.2, 0.25) is 0 Å². The highest BCUT2D eigenvalue weighted by Crippen LogP contribution is 2.26. The lowest BCUT2D eigenvalue weighted by molar-refractivity contribution is 0.542. The van der Waals surface area contributed by atoms with E-state index in [9.17, 15) is 4.39 Å². The Kier molecular flexibility index (Phi) is 5.32. The van der Waals surface area contributed by atoms with Crippen LogP contribution in [0.25, 0.3) is 0 Å². The Hall–Kier alpha value is -0.500. The second-order valence-corrected chi connectivity index (χ2v) is 6.32. The van der Waals surface area contributed by atoms with Crippen LogP contribution in [0.5, 0.6) is 0 Å². The predicted octanol–water partition coefficient (Wildman–Crippen LogP) is 3.94. The van der Waals surface area contributed by atoms with Gasteiger partial charge in [-0.05, 0) is 70.5 Å². The van der Waals surface area contributed by atoms with E-state index in [1.54, 1.807) is 6.07 Å². The van der Waals surface area contributed by atoms with Crippen LogP contribution >= 0.6 is 38.5 Å². The molecule has 0 heterocycles. The molecule has 0 aliphatic carbocycles. The van der Waals surface area contributed by atoms with Crippen LogP contribution in [0.4, 0.5) is 4.39 Å². The number of benzene rings is 2. The minimum atomic E-state index is -0.263. The second-order valence-electron chi connectivity index (χ2n) is 4.22. The number of nitrogens with two attached hydrogens (primary N) is 1. The number of nitrogens with one attached hydrogen (secondary N) is 1. The van der Waals surface area contributed by atoms with Crippen molar-refractivity contribution in [1.29, 1.82) is 0 Å². The average molecular weight is 435 g/mol. The number of hydrogen-bond donors (Lipinski definition) is 2. The topological polar surface area (TPSA) is 38.0 Å². The molecule has 0 saturated carbocycles. The zero-order chi connectivity index (χ0) is 13.8. The Balaban J connectivity index is 2.24. The van der Waals surface area contributed by atoms with Crippen LogP contribution in [0.3, 0.4) is 0 Å². The van der Waals surface area contributed by atoms with Gasteiger partial charge < -0.3 is 0 Å². The van der Waals surface area contributed by atoms with E-state index >= 15 is 0 Å². The van der Waals surface area contributed by atoms with Crippen molar-refractivity contribution in [2.45, 2.75) is 12.5 Å². The van der Waals surface area contributed by atoms with E-state index in [1.165, 1.54) is 15.7 Å². The number of hydrogen-bond acceptors (Lipinski definition) is 2. The van der Waals surface area contributed by atoms with Gasteiger partial charge in [-0.3, -0.25) is 11.3 Å². The fourth-order valence-corrected chi connectivity index (χ4v) is 2.78. The first-order chi connectivity index (χ1) is 9.10. The summed E-state index contributed by atoms with van der Waals surface area (Å²) in [6.07, 6.45) is 0.704. The molecule has 0 radical (unpaired) electrons. The zero-order valence-corrected chi connectivity index (χ0v) is 13.8. The van der Waals surface area contributed by atoms with E-state index in [-0.39, 0.29) is 11.9 Å². The van der Waals surface area contributed by atoms with Gasteiger partial charge in [0.2, 0.25) is 0 Å². The van der Waals surface area contributed by atoms with Crippen LogP contribution in [0.15, 0.2) is 46.9 Å². The number of halogens is 3. The minimum absolute atomic E-state index is 0.134. The summed E-state index contributed by atoms with van der Waals surface area (Å²) in [6.45, 7) is 0. The molecule has 0 aromatic heterocycles. The van der Waals surface area contributed by atoms with Crippen LogP contribution in [-0.4, -0.2) is 0 Å². The van der Waals surface area contributed by atoms with Crippen molar-refractivity contribution in [2.24, 2.45) is 5.84 Å². The summed E-state index contributed by atoms with van der Waals surface area (Å²) in [5.74, 6) is 5.34. The maximum absolute atomic E-state index is 13.3. The highest BCUT2D eigenvalue weighted by Gasteiger charge is 2.14. The Morgan fingerprint density at radius 2 is 1.89 bits per heavy atom. The van der Waals surface area contributed by atoms with Crippen LogP contribution < -0.4 is 11.3 Å². The summed E-state index contributed by atoms with van der Waals surface area (Å²) in [4.78, 5) is 0. The van der Waals surface area contributed by atoms with E-state index in [1.807, 2.05) is 12.1 Å². The van der Waals surface area contributed by atoms with E-state index < -0.39 is 0 Å². The van der Waals surface area contributed by atoms with Gasteiger partial charge in [-0.1, -0.05) is 28.1 Å². The molecule has 2 nitrogen and oxygen atoms in total. The first kappa shape index (κ1) is 14.9. The molecule has 0 spiro atoms. The first-order valence-corrected chi connectivity index (χ1v) is 7.63. The molecule has 0 fully saturated rings. The van der Waals surface area contributed by atoms with Crippen molar-refractivity contribution >= 4 is 38.5 Å². The Morgan fingerprint density at radius 1 is 1.21 bits per heavy atom. The molecule has 100 valence electrons. The number of hydrazine groups is 1. The molecular formula is C14H13BrFIN2. The fourth-order valence-electron chi connectivity index (χ4n) is 1.90. The standard InChI is InChI=1S/C14H13BrFIN2/c15-13-6-3-10(16)8-12(13)14(19-18)7-9-1-4-11(17)5-2-9/h1-6,8,14,19H,7,18H2. The SMILES string of the molecule is NNC(Cc1ccc(I)cc1)c1cc(F)ccc1Br. The van der Waals surface area contributed by atoms with Gasteiger partial charge in [0.1, 0.15) is 5.82 Å². The van der Waals surface area contributed by atoms with E-state index in [4.69, 9.17) is 5.84 Å². The molecule has 0 bridgehead atoms. The Morgan fingerprint density at radius 3 is 2.53 bits per heavy atom. The summed E-state index contributed by atoms with van der Waals surface area (Å²) in [7, 11) is 0. The van der Waals surface area contributed by atoms with E-state index in [0.717, 1.165) is 15.6 Å². The maximum Gasteiger partial charge on any atom is 0.123 e. The molecule has 2 rings (SSSR count). The van der Waals surface area contributed by atoms with Crippen molar-refractivity contribution in [1.82, 2.24) is 5.43 Å². The van der Waals surface area contributed by atoms with Crippen molar-refractivity contribution in [2.75, 3.05) is 0 Å². The molecule has 0 aliphatic heterocycles. The van der Waals surface area contributed by atoms with E-state index in [0.29, 0.717) is 6.42 Å². The first-order valence-electron chi connectivity index (χ1n) is 5.75. The monoisotopic (exact) mass is 434 g/mol. The molecule has 19 heavy (non-hydrogen) atoms. The quantitative estimate of drug-likeness (QED) is 0.434. The van der Waals surface area contributed by atoms with Crippen molar-refractivity contribution in [3.8, 4) is 0 Å². The third-order valence-electron chi connectivity index (χ3n) is 2.89. The van der Waals surface area contributed by atoms with Gasteiger partial charge >= 0.3 is 0 Å². The van der Waals surface area contributed by atoms with Crippen LogP contribution in [0.1, 0.15) is 17.2 Å². The Bertz CT molecular complexity index is 560. The molecule has 2 aromatic carbocycles. The summed E-state index contributed by atoms with van der Waals surface area (Å²) < 4.78 is 15.4. The van der Waals surface area contributed by atoms with Gasteiger partial charge in [-0.15, -0.1) is 0 Å². The normalized spacial score (nSPS) is 12.4. The van der Waals surface area contributed by atoms with Gasteiger partial charge in [-0.25, -0.2) is 4.39 Å². The molecule has 2 aromatic rings. The molecule has 0 saturated heterocycles. The smallest absolute Gasteiger partial charge is 0.123 e. The average Bonchev–Trinajstić information content (AvgIpc) is 2.41. The minimum Gasteiger partial charge on any atom is -0.271 e. The van der Waals surface area contributed by atoms with Crippen molar-refractivity contribution in [3.63, 3.8) is 0 Å². The van der Waals surface area contributed by atoms with Crippen molar-refractivity contribution in [3.05, 3.63) is 67.5 Å². The highest BCUT2D eigenvalue weighted by atomic mass is 127. The van der Waals surface area contributed by atoms with E-state index in [2.05, 4.69) is 56.1 Å². The lowest BCUT2D eigenvalue weighted by Crippen LogP contribution is -2.30. The Labute approximate surface area is 133 Å². The molecule has 5 heteroatoms. The highest BCUT2D eigenvalue weighted by molar-refractivity contribution is 14.1. The fraction of sp³-hybridized carbons (Fsp3) is 0.143. The summed E-state index contributed by atoms with van der Waals surface area (Å²) >= 11 is 5.70. The predicted molar refractivity (Wildman–Crippen MR) is 87.0 cm³/mol. The zero-order valence-electron chi connectivity index (χ0n) is 10.0. The lowest BCUT2D eigenvalue weighted by atomic mass is 9.99. The number of rotatable bonds is 4. The molecule has 0 amide bonds. The van der Waals surface area contributed by atoms with Crippen LogP contribution in [0, 0.1) is 9.39 Å². The summed E-state index contributed by atoms with van der Waals surface area (Å²) in [6, 6.07) is 12.7. The molecule has 1 unspecified atom stereocenters. The lowest BCUT2D eigenvalue weighted by Gasteiger charge is -2.18. The molecule has 0 aliphatic rings. The van der Waals surface area contributed by atoms with Gasteiger partial charge in [0.25, 0.3) is 0 Å². The summed E-state index contributed by atoms with van der Waals surface area (Å²) in [5, 5.41) is 0.